The Morgan fingerprint density at radius 3 is 2.55 bits per heavy atom. The highest BCUT2D eigenvalue weighted by Gasteiger charge is 2.20. The number of aromatic nitrogens is 4. The first-order valence-corrected chi connectivity index (χ1v) is 13.7. The van der Waals surface area contributed by atoms with Crippen LogP contribution in [-0.2, 0) is 17.6 Å². The molecule has 1 amide bonds. The maximum absolute atomic E-state index is 13.7. The van der Waals surface area contributed by atoms with Crippen LogP contribution in [0.5, 0.6) is 0 Å². The molecule has 2 aromatic carbocycles. The Hall–Kier alpha value is -3.46. The fourth-order valence-electron chi connectivity index (χ4n) is 4.36. The minimum absolute atomic E-state index is 0.0509. The van der Waals surface area contributed by atoms with Crippen molar-refractivity contribution in [3.05, 3.63) is 103 Å². The third-order valence-electron chi connectivity index (χ3n) is 6.32. The summed E-state index contributed by atoms with van der Waals surface area (Å²) in [5.74, 6) is -0.191. The normalized spacial score (nSPS) is 11.3. The third kappa shape index (κ3) is 5.25. The standard InChI is InChI=1S/C28H25Cl2N5O2S/c1-16-4-8-21(9-5-16)35-17(2)12-24(33-35)26-18(3)32-28-34(27(26)37)22(15-38-28)14-25(36)31-11-10-19-6-7-20(29)13-23(19)30/h4-9,12-13,15H,10-11,14H2,1-3H3,(H,31,36). The number of aryl methyl sites for hydroxylation is 3. The molecule has 0 unspecified atom stereocenters. The molecule has 0 atom stereocenters. The summed E-state index contributed by atoms with van der Waals surface area (Å²) in [5.41, 5.74) is 5.79. The Bertz CT molecular complexity index is 1720. The van der Waals surface area contributed by atoms with Crippen LogP contribution >= 0.6 is 34.5 Å². The predicted molar refractivity (Wildman–Crippen MR) is 153 cm³/mol. The molecular formula is C28H25Cl2N5O2S. The van der Waals surface area contributed by atoms with E-state index in [2.05, 4.69) is 10.3 Å². The van der Waals surface area contributed by atoms with Gasteiger partial charge in [-0.25, -0.2) is 9.67 Å². The van der Waals surface area contributed by atoms with Crippen molar-refractivity contribution in [3.8, 4) is 16.9 Å². The lowest BCUT2D eigenvalue weighted by Crippen LogP contribution is -2.29. The second-order valence-electron chi connectivity index (χ2n) is 9.15. The van der Waals surface area contributed by atoms with Crippen LogP contribution in [0.3, 0.4) is 0 Å². The van der Waals surface area contributed by atoms with Crippen molar-refractivity contribution >= 4 is 45.4 Å². The van der Waals surface area contributed by atoms with Gasteiger partial charge in [0.2, 0.25) is 5.91 Å². The van der Waals surface area contributed by atoms with E-state index in [1.807, 2.05) is 61.9 Å². The number of hydrogen-bond donors (Lipinski definition) is 1. The molecule has 5 aromatic rings. The minimum Gasteiger partial charge on any atom is -0.355 e. The zero-order chi connectivity index (χ0) is 27.0. The number of fused-ring (bicyclic) bond motifs is 1. The van der Waals surface area contributed by atoms with Crippen molar-refractivity contribution in [2.24, 2.45) is 0 Å². The summed E-state index contributed by atoms with van der Waals surface area (Å²) in [5, 5.41) is 10.6. The number of benzene rings is 2. The maximum atomic E-state index is 13.7. The number of halogens is 2. The molecule has 0 bridgehead atoms. The first-order valence-electron chi connectivity index (χ1n) is 12.1. The van der Waals surface area contributed by atoms with Gasteiger partial charge in [0.1, 0.15) is 5.69 Å². The van der Waals surface area contributed by atoms with Gasteiger partial charge in [0.15, 0.2) is 4.96 Å². The molecule has 0 aliphatic heterocycles. The molecule has 0 aliphatic rings. The summed E-state index contributed by atoms with van der Waals surface area (Å²) in [7, 11) is 0. The van der Waals surface area contributed by atoms with Crippen LogP contribution in [0.1, 0.15) is 28.2 Å². The Morgan fingerprint density at radius 2 is 1.82 bits per heavy atom. The summed E-state index contributed by atoms with van der Waals surface area (Å²) in [6, 6.07) is 15.2. The van der Waals surface area contributed by atoms with Crippen LogP contribution < -0.4 is 10.9 Å². The van der Waals surface area contributed by atoms with Gasteiger partial charge in [-0.1, -0.05) is 47.0 Å². The SMILES string of the molecule is Cc1ccc(-n2nc(-c3c(C)nc4scc(CC(=O)NCCc5ccc(Cl)cc5Cl)n4c3=O)cc2C)cc1. The smallest absolute Gasteiger partial charge is 0.268 e. The summed E-state index contributed by atoms with van der Waals surface area (Å²) >= 11 is 13.5. The zero-order valence-electron chi connectivity index (χ0n) is 21.1. The minimum atomic E-state index is -0.238. The average molecular weight is 567 g/mol. The molecule has 0 spiro atoms. The Morgan fingerprint density at radius 1 is 1.05 bits per heavy atom. The highest BCUT2D eigenvalue weighted by Crippen LogP contribution is 2.24. The molecule has 3 aromatic heterocycles. The third-order valence-corrected chi connectivity index (χ3v) is 7.78. The van der Waals surface area contributed by atoms with Crippen LogP contribution in [-0.4, -0.2) is 31.6 Å². The number of carbonyl (C=O) groups is 1. The molecule has 0 saturated carbocycles. The monoisotopic (exact) mass is 565 g/mol. The van der Waals surface area contributed by atoms with Crippen molar-refractivity contribution < 1.29 is 4.79 Å². The van der Waals surface area contributed by atoms with Gasteiger partial charge in [-0.15, -0.1) is 11.3 Å². The number of amides is 1. The molecule has 10 heteroatoms. The lowest BCUT2D eigenvalue weighted by Gasteiger charge is -2.08. The Kier molecular flexibility index (Phi) is 7.38. The number of carbonyl (C=O) groups excluding carboxylic acids is 1. The van der Waals surface area contributed by atoms with Crippen molar-refractivity contribution in [2.75, 3.05) is 6.54 Å². The molecule has 194 valence electrons. The molecule has 7 nitrogen and oxygen atoms in total. The van der Waals surface area contributed by atoms with Gasteiger partial charge in [0.05, 0.1) is 23.4 Å². The van der Waals surface area contributed by atoms with Crippen LogP contribution in [0.25, 0.3) is 21.9 Å². The van der Waals surface area contributed by atoms with E-state index in [9.17, 15) is 9.59 Å². The molecule has 0 radical (unpaired) electrons. The van der Waals surface area contributed by atoms with Crippen molar-refractivity contribution in [1.82, 2.24) is 24.5 Å². The molecule has 38 heavy (non-hydrogen) atoms. The highest BCUT2D eigenvalue weighted by atomic mass is 35.5. The van der Waals surface area contributed by atoms with Gasteiger partial charge >= 0.3 is 0 Å². The summed E-state index contributed by atoms with van der Waals surface area (Å²) in [6.07, 6.45) is 0.620. The lowest BCUT2D eigenvalue weighted by molar-refractivity contribution is -0.120. The predicted octanol–water partition coefficient (Wildman–Crippen LogP) is 5.74. The second-order valence-corrected chi connectivity index (χ2v) is 10.8. The van der Waals surface area contributed by atoms with Crippen LogP contribution in [0.4, 0.5) is 0 Å². The highest BCUT2D eigenvalue weighted by molar-refractivity contribution is 7.15. The molecular weight excluding hydrogens is 541 g/mol. The van der Waals surface area contributed by atoms with Crippen molar-refractivity contribution in [2.45, 2.75) is 33.6 Å². The number of rotatable bonds is 7. The van der Waals surface area contributed by atoms with Crippen molar-refractivity contribution in [3.63, 3.8) is 0 Å². The van der Waals surface area contributed by atoms with Gasteiger partial charge in [0, 0.05) is 33.4 Å². The largest absolute Gasteiger partial charge is 0.355 e. The van der Waals surface area contributed by atoms with Crippen LogP contribution in [0, 0.1) is 20.8 Å². The van der Waals surface area contributed by atoms with E-state index >= 15 is 0 Å². The Labute approximate surface area is 233 Å². The van der Waals surface area contributed by atoms with Gasteiger partial charge in [0.25, 0.3) is 5.56 Å². The molecule has 1 N–H and O–H groups in total. The zero-order valence-corrected chi connectivity index (χ0v) is 23.4. The van der Waals surface area contributed by atoms with Gasteiger partial charge < -0.3 is 5.32 Å². The summed E-state index contributed by atoms with van der Waals surface area (Å²) in [6.45, 7) is 6.21. The van der Waals surface area contributed by atoms with Gasteiger partial charge in [-0.2, -0.15) is 5.10 Å². The van der Waals surface area contributed by atoms with E-state index < -0.39 is 0 Å². The molecule has 0 fully saturated rings. The summed E-state index contributed by atoms with van der Waals surface area (Å²) in [4.78, 5) is 31.6. The number of hydrogen-bond acceptors (Lipinski definition) is 5. The van der Waals surface area contributed by atoms with Crippen molar-refractivity contribution in [1.29, 1.82) is 0 Å². The van der Waals surface area contributed by atoms with Crippen LogP contribution in [0.2, 0.25) is 10.0 Å². The number of nitrogens with zero attached hydrogens (tertiary/aromatic N) is 4. The van der Waals surface area contributed by atoms with Gasteiger partial charge in [-0.05, 0) is 63.1 Å². The number of thiazole rings is 1. The van der Waals surface area contributed by atoms with E-state index in [0.717, 1.165) is 22.5 Å². The molecule has 5 rings (SSSR count). The quantitative estimate of drug-likeness (QED) is 0.272. The molecule has 3 heterocycles. The van der Waals surface area contributed by atoms with Gasteiger partial charge in [-0.3, -0.25) is 14.0 Å². The van der Waals surface area contributed by atoms with E-state index in [0.29, 0.717) is 50.6 Å². The first kappa shape index (κ1) is 26.2. The maximum Gasteiger partial charge on any atom is 0.268 e. The van der Waals surface area contributed by atoms with E-state index in [4.69, 9.17) is 28.3 Å². The van der Waals surface area contributed by atoms with E-state index in [1.54, 1.807) is 17.5 Å². The van der Waals surface area contributed by atoms with Crippen LogP contribution in [0.15, 0.2) is 58.7 Å². The number of nitrogens with one attached hydrogen (secondary N) is 1. The molecule has 0 saturated heterocycles. The Balaban J connectivity index is 1.39. The summed E-state index contributed by atoms with van der Waals surface area (Å²) < 4.78 is 3.33. The fraction of sp³-hybridized carbons (Fsp3) is 0.214. The second kappa shape index (κ2) is 10.7. The first-order chi connectivity index (χ1) is 18.2. The van der Waals surface area contributed by atoms with E-state index in [-0.39, 0.29) is 17.9 Å². The van der Waals surface area contributed by atoms with E-state index in [1.165, 1.54) is 15.7 Å². The lowest BCUT2D eigenvalue weighted by atomic mass is 10.1. The average Bonchev–Trinajstić information content (AvgIpc) is 3.44. The fourth-order valence-corrected chi connectivity index (χ4v) is 5.78. The molecule has 0 aliphatic carbocycles. The topological polar surface area (TPSA) is 81.3 Å².